The van der Waals surface area contributed by atoms with Crippen LogP contribution in [0.15, 0.2) is 0 Å². The topological polar surface area (TPSA) is 18.5 Å². The Labute approximate surface area is 67.5 Å². The van der Waals surface area contributed by atoms with Crippen molar-refractivity contribution in [2.75, 3.05) is 33.3 Å². The molecule has 0 N–H and O–H groups in total. The molecule has 0 aromatic carbocycles. The first kappa shape index (κ1) is 10.2. The second-order valence-corrected chi connectivity index (χ2v) is 3.08. The molecule has 0 fully saturated rings. The highest BCUT2D eigenvalue weighted by molar-refractivity contribution is 6.18. The Morgan fingerprint density at radius 3 is 1.80 bits per heavy atom. The zero-order valence-corrected chi connectivity index (χ0v) is 7.57. The normalized spacial score (nSPS) is 12.0. The highest BCUT2D eigenvalue weighted by Gasteiger charge is 2.22. The molecule has 0 radical (unpaired) electrons. The van der Waals surface area contributed by atoms with Gasteiger partial charge in [-0.1, -0.05) is 6.92 Å². The lowest BCUT2D eigenvalue weighted by molar-refractivity contribution is 0.0363. The van der Waals surface area contributed by atoms with Crippen LogP contribution in [0.2, 0.25) is 0 Å². The van der Waals surface area contributed by atoms with Gasteiger partial charge in [0.05, 0.1) is 13.2 Å². The molecule has 0 saturated heterocycles. The largest absolute Gasteiger partial charge is 0.384 e. The monoisotopic (exact) mass is 166 g/mol. The fraction of sp³-hybridized carbons (Fsp3) is 1.00. The number of ether oxygens (including phenoxy) is 2. The summed E-state index contributed by atoms with van der Waals surface area (Å²) in [5.74, 6) is 0.564. The van der Waals surface area contributed by atoms with Crippen LogP contribution in [0.3, 0.4) is 0 Å². The number of hydrogen-bond acceptors (Lipinski definition) is 2. The molecule has 0 unspecified atom stereocenters. The van der Waals surface area contributed by atoms with E-state index in [9.17, 15) is 0 Å². The van der Waals surface area contributed by atoms with Gasteiger partial charge in [-0.25, -0.2) is 0 Å². The molecular weight excluding hydrogens is 152 g/mol. The molecule has 0 aliphatic rings. The average Bonchev–Trinajstić information content (AvgIpc) is 1.89. The van der Waals surface area contributed by atoms with Crippen LogP contribution in [-0.2, 0) is 9.47 Å². The van der Waals surface area contributed by atoms with Gasteiger partial charge in [-0.3, -0.25) is 0 Å². The van der Waals surface area contributed by atoms with Crippen molar-refractivity contribution in [3.63, 3.8) is 0 Å². The standard InChI is InChI=1S/C7H15ClO2/c1-7(4-8,5-9-2)6-10-3/h4-6H2,1-3H3. The Kier molecular flexibility index (Phi) is 5.04. The zero-order valence-electron chi connectivity index (χ0n) is 6.82. The van der Waals surface area contributed by atoms with E-state index in [4.69, 9.17) is 21.1 Å². The van der Waals surface area contributed by atoms with Crippen molar-refractivity contribution in [2.45, 2.75) is 6.92 Å². The molecule has 3 heteroatoms. The first-order valence-electron chi connectivity index (χ1n) is 3.22. The van der Waals surface area contributed by atoms with E-state index in [1.165, 1.54) is 0 Å². The first-order chi connectivity index (χ1) is 4.68. The predicted octanol–water partition coefficient (Wildman–Crippen LogP) is 1.52. The van der Waals surface area contributed by atoms with Crippen molar-refractivity contribution in [3.05, 3.63) is 0 Å². The van der Waals surface area contributed by atoms with Gasteiger partial charge in [0.25, 0.3) is 0 Å². The summed E-state index contributed by atoms with van der Waals surface area (Å²) < 4.78 is 9.97. The van der Waals surface area contributed by atoms with E-state index >= 15 is 0 Å². The summed E-state index contributed by atoms with van der Waals surface area (Å²) in [4.78, 5) is 0. The SMILES string of the molecule is COCC(C)(CCl)COC. The molecule has 10 heavy (non-hydrogen) atoms. The third-order valence-corrected chi connectivity index (χ3v) is 1.95. The number of rotatable bonds is 5. The van der Waals surface area contributed by atoms with Crippen LogP contribution in [-0.4, -0.2) is 33.3 Å². The maximum atomic E-state index is 5.71. The fourth-order valence-corrected chi connectivity index (χ4v) is 0.970. The minimum atomic E-state index is -0.0367. The van der Waals surface area contributed by atoms with Gasteiger partial charge in [0.2, 0.25) is 0 Å². The van der Waals surface area contributed by atoms with Crippen molar-refractivity contribution in [1.82, 2.24) is 0 Å². The average molecular weight is 167 g/mol. The van der Waals surface area contributed by atoms with Gasteiger partial charge in [-0.2, -0.15) is 0 Å². The van der Waals surface area contributed by atoms with Crippen LogP contribution in [0.5, 0.6) is 0 Å². The van der Waals surface area contributed by atoms with Crippen molar-refractivity contribution < 1.29 is 9.47 Å². The van der Waals surface area contributed by atoms with E-state index in [-0.39, 0.29) is 5.41 Å². The molecule has 0 spiro atoms. The Bertz CT molecular complexity index is 79.7. The molecule has 0 bridgehead atoms. The number of halogens is 1. The molecule has 0 aromatic rings. The predicted molar refractivity (Wildman–Crippen MR) is 42.6 cm³/mol. The summed E-state index contributed by atoms with van der Waals surface area (Å²) >= 11 is 5.71. The summed E-state index contributed by atoms with van der Waals surface area (Å²) in [5, 5.41) is 0. The smallest absolute Gasteiger partial charge is 0.0549 e. The van der Waals surface area contributed by atoms with Crippen molar-refractivity contribution >= 4 is 11.6 Å². The van der Waals surface area contributed by atoms with E-state index in [0.717, 1.165) is 0 Å². The Morgan fingerprint density at radius 2 is 1.60 bits per heavy atom. The molecule has 0 rings (SSSR count). The number of methoxy groups -OCH3 is 2. The fourth-order valence-electron chi connectivity index (χ4n) is 0.816. The van der Waals surface area contributed by atoms with Gasteiger partial charge >= 0.3 is 0 Å². The Hall–Kier alpha value is 0.210. The van der Waals surface area contributed by atoms with Crippen LogP contribution >= 0.6 is 11.6 Å². The molecular formula is C7H15ClO2. The Balaban J connectivity index is 3.69. The molecule has 0 heterocycles. The van der Waals surface area contributed by atoms with Crippen LogP contribution in [0.25, 0.3) is 0 Å². The molecule has 62 valence electrons. The lowest BCUT2D eigenvalue weighted by Crippen LogP contribution is -2.29. The molecule has 0 aliphatic heterocycles. The van der Waals surface area contributed by atoms with Crippen molar-refractivity contribution in [1.29, 1.82) is 0 Å². The zero-order chi connectivity index (χ0) is 8.04. The third kappa shape index (κ3) is 3.40. The third-order valence-electron chi connectivity index (χ3n) is 1.31. The molecule has 2 nitrogen and oxygen atoms in total. The second-order valence-electron chi connectivity index (χ2n) is 2.81. The van der Waals surface area contributed by atoms with Gasteiger partial charge in [-0.05, 0) is 0 Å². The molecule has 0 atom stereocenters. The Morgan fingerprint density at radius 1 is 1.20 bits per heavy atom. The minimum absolute atomic E-state index is 0.0367. The summed E-state index contributed by atoms with van der Waals surface area (Å²) in [6.45, 7) is 3.32. The number of hydrogen-bond donors (Lipinski definition) is 0. The van der Waals surface area contributed by atoms with Gasteiger partial charge in [0.1, 0.15) is 0 Å². The van der Waals surface area contributed by atoms with E-state index in [0.29, 0.717) is 19.1 Å². The highest BCUT2D eigenvalue weighted by Crippen LogP contribution is 2.18. The molecule has 0 aliphatic carbocycles. The van der Waals surface area contributed by atoms with Crippen molar-refractivity contribution in [3.8, 4) is 0 Å². The summed E-state index contributed by atoms with van der Waals surface area (Å²) in [7, 11) is 3.33. The summed E-state index contributed by atoms with van der Waals surface area (Å²) in [6, 6.07) is 0. The maximum Gasteiger partial charge on any atom is 0.0549 e. The van der Waals surface area contributed by atoms with E-state index in [1.54, 1.807) is 14.2 Å². The van der Waals surface area contributed by atoms with Gasteiger partial charge in [0, 0.05) is 25.5 Å². The van der Waals surface area contributed by atoms with Gasteiger partial charge < -0.3 is 9.47 Å². The van der Waals surface area contributed by atoms with Gasteiger partial charge in [-0.15, -0.1) is 11.6 Å². The van der Waals surface area contributed by atoms with Crippen LogP contribution in [0.1, 0.15) is 6.92 Å². The summed E-state index contributed by atoms with van der Waals surface area (Å²) in [6.07, 6.45) is 0. The lowest BCUT2D eigenvalue weighted by Gasteiger charge is -2.24. The van der Waals surface area contributed by atoms with E-state index < -0.39 is 0 Å². The molecule has 0 aromatic heterocycles. The minimum Gasteiger partial charge on any atom is -0.384 e. The van der Waals surface area contributed by atoms with E-state index in [2.05, 4.69) is 0 Å². The maximum absolute atomic E-state index is 5.71. The summed E-state index contributed by atoms with van der Waals surface area (Å²) in [5.41, 5.74) is -0.0367. The first-order valence-corrected chi connectivity index (χ1v) is 3.76. The van der Waals surface area contributed by atoms with E-state index in [1.807, 2.05) is 6.92 Å². The quantitative estimate of drug-likeness (QED) is 0.577. The van der Waals surface area contributed by atoms with Crippen LogP contribution in [0.4, 0.5) is 0 Å². The van der Waals surface area contributed by atoms with Gasteiger partial charge in [0.15, 0.2) is 0 Å². The van der Waals surface area contributed by atoms with Crippen LogP contribution < -0.4 is 0 Å². The second kappa shape index (κ2) is 4.94. The van der Waals surface area contributed by atoms with Crippen molar-refractivity contribution in [2.24, 2.45) is 5.41 Å². The van der Waals surface area contributed by atoms with Crippen LogP contribution in [0, 0.1) is 5.41 Å². The highest BCUT2D eigenvalue weighted by atomic mass is 35.5. The number of alkyl halides is 1. The molecule has 0 amide bonds. The molecule has 0 saturated carbocycles. The lowest BCUT2D eigenvalue weighted by atomic mass is 9.96.